The Morgan fingerprint density at radius 2 is 1.75 bits per heavy atom. The Morgan fingerprint density at radius 1 is 1.15 bits per heavy atom. The summed E-state index contributed by atoms with van der Waals surface area (Å²) in [5.41, 5.74) is 0.983. The Kier molecular flexibility index (Phi) is 6.00. The molecule has 1 saturated heterocycles. The number of piperazine rings is 1. The Bertz CT molecular complexity index is 459. The van der Waals surface area contributed by atoms with Crippen molar-refractivity contribution in [1.82, 2.24) is 10.2 Å². The molecule has 1 aromatic rings. The molecule has 0 bridgehead atoms. The molecule has 0 radical (unpaired) electrons. The fourth-order valence-corrected chi connectivity index (χ4v) is 3.58. The molecule has 0 saturated carbocycles. The lowest BCUT2D eigenvalue weighted by atomic mass is 9.90. The highest BCUT2D eigenvalue weighted by Crippen LogP contribution is 2.42. The SMILES string of the molecule is CCC(C)[C@H](c1c(Cl)ccc(Cl)c1Cl)N1CCNCC1. The van der Waals surface area contributed by atoms with Crippen molar-refractivity contribution < 1.29 is 0 Å². The van der Waals surface area contributed by atoms with E-state index in [0.29, 0.717) is 21.0 Å². The van der Waals surface area contributed by atoms with E-state index in [1.807, 2.05) is 6.07 Å². The van der Waals surface area contributed by atoms with E-state index in [9.17, 15) is 0 Å². The number of rotatable bonds is 4. The van der Waals surface area contributed by atoms with Crippen molar-refractivity contribution in [1.29, 1.82) is 0 Å². The molecule has 1 aromatic carbocycles. The molecule has 0 amide bonds. The molecule has 1 N–H and O–H groups in total. The topological polar surface area (TPSA) is 15.3 Å². The van der Waals surface area contributed by atoms with E-state index in [4.69, 9.17) is 34.8 Å². The van der Waals surface area contributed by atoms with Gasteiger partial charge in [0.15, 0.2) is 0 Å². The minimum Gasteiger partial charge on any atom is -0.314 e. The van der Waals surface area contributed by atoms with Crippen LogP contribution < -0.4 is 5.32 Å². The minimum atomic E-state index is 0.223. The van der Waals surface area contributed by atoms with Gasteiger partial charge in [0.1, 0.15) is 0 Å². The van der Waals surface area contributed by atoms with Gasteiger partial charge in [0, 0.05) is 42.8 Å². The van der Waals surface area contributed by atoms with E-state index >= 15 is 0 Å². The number of hydrogen-bond donors (Lipinski definition) is 1. The third-order valence-electron chi connectivity index (χ3n) is 4.10. The molecule has 1 heterocycles. The Balaban J connectivity index is 2.43. The average molecular weight is 336 g/mol. The molecule has 0 spiro atoms. The van der Waals surface area contributed by atoms with E-state index in [2.05, 4.69) is 24.1 Å². The second-order valence-corrected chi connectivity index (χ2v) is 6.57. The quantitative estimate of drug-likeness (QED) is 0.806. The summed E-state index contributed by atoms with van der Waals surface area (Å²) in [5, 5.41) is 5.27. The van der Waals surface area contributed by atoms with Crippen LogP contribution in [0.2, 0.25) is 15.1 Å². The highest BCUT2D eigenvalue weighted by molar-refractivity contribution is 6.44. The highest BCUT2D eigenvalue weighted by atomic mass is 35.5. The second-order valence-electron chi connectivity index (χ2n) is 5.37. The smallest absolute Gasteiger partial charge is 0.0655 e. The van der Waals surface area contributed by atoms with Crippen LogP contribution in [0.15, 0.2) is 12.1 Å². The first-order valence-electron chi connectivity index (χ1n) is 7.14. The Labute approximate surface area is 136 Å². The minimum absolute atomic E-state index is 0.223. The molecular weight excluding hydrogens is 315 g/mol. The Morgan fingerprint density at radius 3 is 2.35 bits per heavy atom. The van der Waals surface area contributed by atoms with Crippen LogP contribution in [0.1, 0.15) is 31.9 Å². The molecule has 2 atom stereocenters. The van der Waals surface area contributed by atoms with Crippen LogP contribution in [-0.2, 0) is 0 Å². The summed E-state index contributed by atoms with van der Waals surface area (Å²) in [5.74, 6) is 0.474. The van der Waals surface area contributed by atoms with Gasteiger partial charge in [0.2, 0.25) is 0 Å². The molecule has 0 aliphatic carbocycles. The monoisotopic (exact) mass is 334 g/mol. The maximum Gasteiger partial charge on any atom is 0.0655 e. The number of nitrogens with zero attached hydrogens (tertiary/aromatic N) is 1. The van der Waals surface area contributed by atoms with Gasteiger partial charge in [-0.3, -0.25) is 4.90 Å². The predicted octanol–water partition coefficient (Wildman–Crippen LogP) is 4.64. The van der Waals surface area contributed by atoms with Crippen molar-refractivity contribution in [2.24, 2.45) is 5.92 Å². The van der Waals surface area contributed by atoms with Crippen LogP contribution >= 0.6 is 34.8 Å². The van der Waals surface area contributed by atoms with Crippen molar-refractivity contribution in [3.63, 3.8) is 0 Å². The standard InChI is InChI=1S/C15H21Cl3N2/c1-3-10(2)15(20-8-6-19-7-9-20)13-11(16)4-5-12(17)14(13)18/h4-5,10,15,19H,3,6-9H2,1-2H3/t10?,15-/m1/s1. The summed E-state index contributed by atoms with van der Waals surface area (Å²) in [7, 11) is 0. The van der Waals surface area contributed by atoms with Gasteiger partial charge in [0.25, 0.3) is 0 Å². The lowest BCUT2D eigenvalue weighted by Gasteiger charge is -2.39. The van der Waals surface area contributed by atoms with E-state index in [0.717, 1.165) is 38.2 Å². The van der Waals surface area contributed by atoms with Crippen molar-refractivity contribution >= 4 is 34.8 Å². The number of nitrogens with one attached hydrogen (secondary N) is 1. The van der Waals surface area contributed by atoms with Crippen LogP contribution in [0.3, 0.4) is 0 Å². The molecule has 1 aliphatic heterocycles. The zero-order chi connectivity index (χ0) is 14.7. The molecule has 2 rings (SSSR count). The summed E-state index contributed by atoms with van der Waals surface area (Å²) in [6.07, 6.45) is 1.08. The molecule has 1 fully saturated rings. The Hall–Kier alpha value is 0.01000. The van der Waals surface area contributed by atoms with Crippen LogP contribution in [-0.4, -0.2) is 31.1 Å². The average Bonchev–Trinajstić information content (AvgIpc) is 2.48. The van der Waals surface area contributed by atoms with Gasteiger partial charge in [-0.1, -0.05) is 55.1 Å². The summed E-state index contributed by atoms with van der Waals surface area (Å²) in [6, 6.07) is 3.84. The first kappa shape index (κ1) is 16.4. The van der Waals surface area contributed by atoms with E-state index < -0.39 is 0 Å². The molecule has 112 valence electrons. The summed E-state index contributed by atoms with van der Waals surface area (Å²) in [4.78, 5) is 2.47. The van der Waals surface area contributed by atoms with Gasteiger partial charge in [-0.05, 0) is 18.1 Å². The number of benzene rings is 1. The van der Waals surface area contributed by atoms with Crippen molar-refractivity contribution in [3.05, 3.63) is 32.8 Å². The molecule has 20 heavy (non-hydrogen) atoms. The molecule has 1 aliphatic rings. The van der Waals surface area contributed by atoms with Crippen molar-refractivity contribution in [3.8, 4) is 0 Å². The summed E-state index contributed by atoms with van der Waals surface area (Å²) in [6.45, 7) is 8.47. The first-order chi connectivity index (χ1) is 9.56. The summed E-state index contributed by atoms with van der Waals surface area (Å²) < 4.78 is 0. The third-order valence-corrected chi connectivity index (χ3v) is 5.25. The molecule has 5 heteroatoms. The van der Waals surface area contributed by atoms with E-state index in [1.165, 1.54) is 0 Å². The highest BCUT2D eigenvalue weighted by Gasteiger charge is 2.30. The summed E-state index contributed by atoms with van der Waals surface area (Å²) >= 11 is 19.1. The van der Waals surface area contributed by atoms with Crippen molar-refractivity contribution in [2.45, 2.75) is 26.3 Å². The van der Waals surface area contributed by atoms with Crippen LogP contribution in [0.5, 0.6) is 0 Å². The number of halogens is 3. The van der Waals surface area contributed by atoms with Gasteiger partial charge in [-0.15, -0.1) is 0 Å². The van der Waals surface area contributed by atoms with Crippen LogP contribution in [0.4, 0.5) is 0 Å². The fraction of sp³-hybridized carbons (Fsp3) is 0.600. The van der Waals surface area contributed by atoms with Gasteiger partial charge in [-0.2, -0.15) is 0 Å². The van der Waals surface area contributed by atoms with Crippen molar-refractivity contribution in [2.75, 3.05) is 26.2 Å². The zero-order valence-electron chi connectivity index (χ0n) is 11.9. The number of hydrogen-bond acceptors (Lipinski definition) is 2. The zero-order valence-corrected chi connectivity index (χ0v) is 14.2. The fourth-order valence-electron chi connectivity index (χ4n) is 2.82. The molecular formula is C15H21Cl3N2. The lowest BCUT2D eigenvalue weighted by Crippen LogP contribution is -2.46. The molecule has 1 unspecified atom stereocenters. The van der Waals surface area contributed by atoms with Gasteiger partial charge in [-0.25, -0.2) is 0 Å². The van der Waals surface area contributed by atoms with E-state index in [1.54, 1.807) is 6.07 Å². The molecule has 0 aromatic heterocycles. The van der Waals surface area contributed by atoms with Gasteiger partial charge >= 0.3 is 0 Å². The normalized spacial score (nSPS) is 19.9. The predicted molar refractivity (Wildman–Crippen MR) is 88.1 cm³/mol. The van der Waals surface area contributed by atoms with Crippen LogP contribution in [0.25, 0.3) is 0 Å². The van der Waals surface area contributed by atoms with E-state index in [-0.39, 0.29) is 6.04 Å². The maximum atomic E-state index is 6.45. The molecule has 2 nitrogen and oxygen atoms in total. The lowest BCUT2D eigenvalue weighted by molar-refractivity contribution is 0.128. The largest absolute Gasteiger partial charge is 0.314 e. The second kappa shape index (κ2) is 7.33. The van der Waals surface area contributed by atoms with Crippen LogP contribution in [0, 0.1) is 5.92 Å². The third kappa shape index (κ3) is 3.42. The maximum absolute atomic E-state index is 6.45. The van der Waals surface area contributed by atoms with Gasteiger partial charge in [0.05, 0.1) is 10.0 Å². The first-order valence-corrected chi connectivity index (χ1v) is 8.27. The van der Waals surface area contributed by atoms with Gasteiger partial charge < -0.3 is 5.32 Å².